The van der Waals surface area contributed by atoms with E-state index in [4.69, 9.17) is 0 Å². The number of hydrogen-bond acceptors (Lipinski definition) is 4. The molecule has 0 saturated heterocycles. The van der Waals surface area contributed by atoms with Crippen molar-refractivity contribution in [1.29, 1.82) is 0 Å². The first kappa shape index (κ1) is 19.2. The molecule has 0 radical (unpaired) electrons. The van der Waals surface area contributed by atoms with Crippen LogP contribution in [-0.4, -0.2) is 17.2 Å². The summed E-state index contributed by atoms with van der Waals surface area (Å²) in [5, 5.41) is 0. The SMILES string of the molecule is O=S(Cc1ccccc1)c1ccc(CS(=O)(=O)[O-])cc1.[K+]. The van der Waals surface area contributed by atoms with Crippen LogP contribution in [0.25, 0.3) is 0 Å². The Morgan fingerprint density at radius 1 is 0.905 bits per heavy atom. The van der Waals surface area contributed by atoms with Crippen molar-refractivity contribution in [2.45, 2.75) is 16.4 Å². The fourth-order valence-corrected chi connectivity index (χ4v) is 3.45. The van der Waals surface area contributed by atoms with Gasteiger partial charge < -0.3 is 4.55 Å². The van der Waals surface area contributed by atoms with Crippen molar-refractivity contribution in [2.24, 2.45) is 0 Å². The first-order valence-electron chi connectivity index (χ1n) is 5.89. The van der Waals surface area contributed by atoms with Crippen LogP contribution < -0.4 is 51.4 Å². The molecule has 4 nitrogen and oxygen atoms in total. The molecule has 0 amide bonds. The Labute approximate surface area is 169 Å². The van der Waals surface area contributed by atoms with Crippen LogP contribution in [0.4, 0.5) is 0 Å². The van der Waals surface area contributed by atoms with Crippen molar-refractivity contribution in [1.82, 2.24) is 0 Å². The van der Waals surface area contributed by atoms with Gasteiger partial charge in [0.05, 0.1) is 32.4 Å². The third kappa shape index (κ3) is 6.83. The summed E-state index contributed by atoms with van der Waals surface area (Å²) in [7, 11) is -5.48. The largest absolute Gasteiger partial charge is 1.00 e. The molecular formula is C14H13KO4S2. The van der Waals surface area contributed by atoms with Gasteiger partial charge in [0.15, 0.2) is 0 Å². The van der Waals surface area contributed by atoms with E-state index in [1.54, 1.807) is 12.1 Å². The summed E-state index contributed by atoms with van der Waals surface area (Å²) in [6, 6.07) is 15.7. The summed E-state index contributed by atoms with van der Waals surface area (Å²) in [6.45, 7) is 0. The Balaban J connectivity index is 0.00000220. The molecule has 0 aromatic heterocycles. The summed E-state index contributed by atoms with van der Waals surface area (Å²) in [5.74, 6) is -0.140. The molecule has 0 spiro atoms. The van der Waals surface area contributed by atoms with E-state index >= 15 is 0 Å². The number of hydrogen-bond donors (Lipinski definition) is 0. The Kier molecular flexibility index (Phi) is 7.93. The van der Waals surface area contributed by atoms with Crippen molar-refractivity contribution in [3.05, 3.63) is 65.7 Å². The molecule has 1 atom stereocenters. The predicted molar refractivity (Wildman–Crippen MR) is 76.4 cm³/mol. The molecule has 1 unspecified atom stereocenters. The van der Waals surface area contributed by atoms with Gasteiger partial charge in [-0.1, -0.05) is 42.5 Å². The van der Waals surface area contributed by atoms with Crippen LogP contribution in [-0.2, 0) is 32.4 Å². The molecular weight excluding hydrogens is 335 g/mol. The topological polar surface area (TPSA) is 74.3 Å². The van der Waals surface area contributed by atoms with Gasteiger partial charge in [0.1, 0.15) is 0 Å². The molecule has 0 N–H and O–H groups in total. The predicted octanol–water partition coefficient (Wildman–Crippen LogP) is -0.956. The van der Waals surface area contributed by atoms with Crippen LogP contribution in [0.5, 0.6) is 0 Å². The molecule has 0 bridgehead atoms. The van der Waals surface area contributed by atoms with Gasteiger partial charge in [0.25, 0.3) is 0 Å². The van der Waals surface area contributed by atoms with Gasteiger partial charge in [-0.15, -0.1) is 0 Å². The zero-order chi connectivity index (χ0) is 14.6. The zero-order valence-electron chi connectivity index (χ0n) is 11.6. The molecule has 0 saturated carbocycles. The fourth-order valence-electron chi connectivity index (χ4n) is 1.75. The molecule has 0 heterocycles. The summed E-state index contributed by atoms with van der Waals surface area (Å²) in [4.78, 5) is 0.612. The first-order valence-corrected chi connectivity index (χ1v) is 8.78. The molecule has 21 heavy (non-hydrogen) atoms. The summed E-state index contributed by atoms with van der Waals surface area (Å²) >= 11 is 0. The molecule has 2 rings (SSSR count). The standard InChI is InChI=1S/C14H14O4S2.K/c15-19(10-12-4-2-1-3-5-12)14-8-6-13(7-9-14)11-20(16,17)18;/h1-9H,10-11H2,(H,16,17,18);/q;+1/p-1. The second kappa shape index (κ2) is 8.69. The van der Waals surface area contributed by atoms with Crippen molar-refractivity contribution >= 4 is 20.9 Å². The van der Waals surface area contributed by atoms with Gasteiger partial charge in [-0.25, -0.2) is 8.42 Å². The van der Waals surface area contributed by atoms with Crippen LogP contribution in [0, 0.1) is 0 Å². The normalized spacial score (nSPS) is 12.4. The summed E-state index contributed by atoms with van der Waals surface area (Å²) < 4.78 is 44.1. The third-order valence-electron chi connectivity index (χ3n) is 2.67. The maximum Gasteiger partial charge on any atom is 1.00 e. The summed E-state index contributed by atoms with van der Waals surface area (Å²) in [5.41, 5.74) is 1.37. The van der Waals surface area contributed by atoms with Crippen molar-refractivity contribution in [3.8, 4) is 0 Å². The maximum atomic E-state index is 12.1. The third-order valence-corrected chi connectivity index (χ3v) is 4.75. The molecule has 0 aliphatic rings. The van der Waals surface area contributed by atoms with Gasteiger partial charge in [0, 0.05) is 4.90 Å². The number of benzene rings is 2. The molecule has 2 aromatic rings. The van der Waals surface area contributed by atoms with Crippen molar-refractivity contribution < 1.29 is 68.6 Å². The van der Waals surface area contributed by atoms with Crippen molar-refractivity contribution in [3.63, 3.8) is 0 Å². The van der Waals surface area contributed by atoms with Gasteiger partial charge >= 0.3 is 51.4 Å². The quantitative estimate of drug-likeness (QED) is 0.515. The Morgan fingerprint density at radius 3 is 2.00 bits per heavy atom. The van der Waals surface area contributed by atoms with Crippen LogP contribution in [0.1, 0.15) is 11.1 Å². The van der Waals surface area contributed by atoms with E-state index in [9.17, 15) is 17.2 Å². The fraction of sp³-hybridized carbons (Fsp3) is 0.143. The van der Waals surface area contributed by atoms with E-state index in [2.05, 4.69) is 0 Å². The second-order valence-corrected chi connectivity index (χ2v) is 7.18. The van der Waals surface area contributed by atoms with E-state index in [0.717, 1.165) is 5.56 Å². The average molecular weight is 348 g/mol. The van der Waals surface area contributed by atoms with Gasteiger partial charge in [-0.05, 0) is 23.3 Å². The minimum atomic E-state index is -4.28. The van der Waals surface area contributed by atoms with Crippen LogP contribution in [0.3, 0.4) is 0 Å². The van der Waals surface area contributed by atoms with Gasteiger partial charge in [0.2, 0.25) is 0 Å². The van der Waals surface area contributed by atoms with E-state index in [1.807, 2.05) is 30.3 Å². The van der Waals surface area contributed by atoms with Crippen molar-refractivity contribution in [2.75, 3.05) is 0 Å². The molecule has 106 valence electrons. The molecule has 0 aliphatic heterocycles. The van der Waals surface area contributed by atoms with E-state index in [-0.39, 0.29) is 51.4 Å². The maximum absolute atomic E-state index is 12.1. The second-order valence-electron chi connectivity index (χ2n) is 4.32. The Bertz CT molecular complexity index is 698. The van der Waals surface area contributed by atoms with Crippen LogP contribution in [0.2, 0.25) is 0 Å². The zero-order valence-corrected chi connectivity index (χ0v) is 16.3. The minimum absolute atomic E-state index is 0. The smallest absolute Gasteiger partial charge is 0.748 e. The van der Waals surface area contributed by atoms with Crippen LogP contribution >= 0.6 is 0 Å². The Morgan fingerprint density at radius 2 is 1.48 bits per heavy atom. The van der Waals surface area contributed by atoms with E-state index in [1.165, 1.54) is 12.1 Å². The Hall–Kier alpha value is 0.136. The average Bonchev–Trinajstić information content (AvgIpc) is 2.39. The molecule has 2 aromatic carbocycles. The molecule has 0 fully saturated rings. The van der Waals surface area contributed by atoms with E-state index < -0.39 is 26.7 Å². The monoisotopic (exact) mass is 348 g/mol. The first-order chi connectivity index (χ1) is 9.44. The van der Waals surface area contributed by atoms with Gasteiger partial charge in [-0.2, -0.15) is 0 Å². The molecule has 7 heteroatoms. The van der Waals surface area contributed by atoms with Gasteiger partial charge in [-0.3, -0.25) is 4.21 Å². The summed E-state index contributed by atoms with van der Waals surface area (Å²) in [6.07, 6.45) is 0. The molecule has 0 aliphatic carbocycles. The van der Waals surface area contributed by atoms with E-state index in [0.29, 0.717) is 16.2 Å². The minimum Gasteiger partial charge on any atom is -0.748 e. The number of rotatable bonds is 5. The van der Waals surface area contributed by atoms with Crippen LogP contribution in [0.15, 0.2) is 59.5 Å².